The number of fused-ring (bicyclic) bond motifs is 5. The van der Waals surface area contributed by atoms with Crippen molar-refractivity contribution in [1.29, 1.82) is 0 Å². The Morgan fingerprint density at radius 2 is 1.77 bits per heavy atom. The van der Waals surface area contributed by atoms with Crippen LogP contribution in [0.3, 0.4) is 0 Å². The summed E-state index contributed by atoms with van der Waals surface area (Å²) in [6.45, 7) is 5.08. The summed E-state index contributed by atoms with van der Waals surface area (Å²) in [6.07, 6.45) is 6.33. The minimum Gasteiger partial charge on any atom is -0.497 e. The van der Waals surface area contributed by atoms with Crippen molar-refractivity contribution in [2.75, 3.05) is 13.7 Å². The van der Waals surface area contributed by atoms with Gasteiger partial charge in [0.15, 0.2) is 5.82 Å². The van der Waals surface area contributed by atoms with Crippen molar-refractivity contribution in [3.63, 3.8) is 0 Å². The van der Waals surface area contributed by atoms with Crippen LogP contribution in [0.15, 0.2) is 65.1 Å². The molecule has 4 heterocycles. The zero-order chi connectivity index (χ0) is 42.4. The van der Waals surface area contributed by atoms with Gasteiger partial charge >= 0.3 is 6.09 Å². The number of carbonyl (C=O) groups excluding carboxylic acids is 4. The smallest absolute Gasteiger partial charge is 0.408 e. The van der Waals surface area contributed by atoms with Crippen LogP contribution < -0.4 is 24.8 Å². The SMILES string of the molecule is COc1ccc(-c2nc(O[C@@H]3C[C@H]4C(=O)N[C@]5(C(=O)NS(=O)(=O)C6CC6)C[C@H]5/C=C\CCCCC[C@H](NC(=O)OC(C)(C)C)C(=O)N4C3)c3oc4ccccc4c3n2)cc1. The lowest BCUT2D eigenvalue weighted by Crippen LogP contribution is -2.58. The second-order valence-electron chi connectivity index (χ2n) is 17.1. The third-order valence-corrected chi connectivity index (χ3v) is 13.2. The van der Waals surface area contributed by atoms with Crippen molar-refractivity contribution in [1.82, 2.24) is 30.2 Å². The molecule has 4 aliphatic rings. The van der Waals surface area contributed by atoms with E-state index in [1.807, 2.05) is 48.6 Å². The Hall–Kier alpha value is -5.71. The summed E-state index contributed by atoms with van der Waals surface area (Å²) in [5.41, 5.74) is -0.356. The molecule has 2 aliphatic carbocycles. The fourth-order valence-corrected chi connectivity index (χ4v) is 9.33. The van der Waals surface area contributed by atoms with E-state index >= 15 is 0 Å². The number of benzene rings is 2. The average molecular weight is 843 g/mol. The molecule has 2 aromatic carbocycles. The predicted molar refractivity (Wildman–Crippen MR) is 220 cm³/mol. The van der Waals surface area contributed by atoms with Crippen LogP contribution in [0, 0.1) is 5.92 Å². The fraction of sp³-hybridized carbons (Fsp3) is 0.488. The van der Waals surface area contributed by atoms with Gasteiger partial charge in [-0.05, 0) is 95.7 Å². The maximum absolute atomic E-state index is 14.7. The number of furan rings is 1. The number of sulfonamides is 1. The standard InChI is InChI=1S/C43H50N6O10S/c1-42(2,3)59-41(53)44-31-14-9-7-5-6-8-12-26-23-43(26,40(52)48-60(54,55)29-20-21-29)47-37(50)32-22-28(24-49(32)39(31)51)57-38-35-34(30-13-10-11-15-33(30)58-35)45-36(46-38)25-16-18-27(56-4)19-17-25/h8,10-13,15-19,26,28-29,31-32H,5-7,9,14,20-24H2,1-4H3,(H,44,53)(H,47,50)(H,48,52)/b12-8-/t26-,28-,31+,32+,43-/m1/s1. The van der Waals surface area contributed by atoms with Gasteiger partial charge in [-0.2, -0.15) is 4.98 Å². The van der Waals surface area contributed by atoms with E-state index in [-0.39, 0.29) is 37.3 Å². The Labute approximate surface area is 347 Å². The molecule has 2 aliphatic heterocycles. The lowest BCUT2D eigenvalue weighted by molar-refractivity contribution is -0.141. The lowest BCUT2D eigenvalue weighted by atomic mass is 10.0. The number of carbonyl (C=O) groups is 4. The third-order valence-electron chi connectivity index (χ3n) is 11.3. The highest BCUT2D eigenvalue weighted by atomic mass is 32.2. The molecule has 0 radical (unpaired) electrons. The van der Waals surface area contributed by atoms with E-state index in [1.54, 1.807) is 40.0 Å². The largest absolute Gasteiger partial charge is 0.497 e. The van der Waals surface area contributed by atoms with E-state index in [2.05, 4.69) is 15.4 Å². The van der Waals surface area contributed by atoms with E-state index in [0.29, 0.717) is 53.9 Å². The second kappa shape index (κ2) is 16.0. The van der Waals surface area contributed by atoms with Crippen molar-refractivity contribution >= 4 is 55.9 Å². The van der Waals surface area contributed by atoms with Crippen molar-refractivity contribution in [2.45, 2.75) is 113 Å². The zero-order valence-corrected chi connectivity index (χ0v) is 34.9. The van der Waals surface area contributed by atoms with Crippen LogP contribution in [0.5, 0.6) is 11.6 Å². The van der Waals surface area contributed by atoms with Crippen LogP contribution in [-0.2, 0) is 29.1 Å². The number of methoxy groups -OCH3 is 1. The highest BCUT2D eigenvalue weighted by Crippen LogP contribution is 2.46. The summed E-state index contributed by atoms with van der Waals surface area (Å²) in [7, 11) is -2.35. The number of amides is 4. The minimum absolute atomic E-state index is 0.0289. The van der Waals surface area contributed by atoms with Crippen LogP contribution in [-0.4, -0.2) is 95.3 Å². The van der Waals surface area contributed by atoms with Gasteiger partial charge in [0.25, 0.3) is 11.8 Å². The van der Waals surface area contributed by atoms with E-state index in [4.69, 9.17) is 28.6 Å². The van der Waals surface area contributed by atoms with Crippen LogP contribution in [0.4, 0.5) is 4.79 Å². The molecule has 4 amide bonds. The van der Waals surface area contributed by atoms with Crippen LogP contribution in [0.25, 0.3) is 33.5 Å². The molecule has 3 fully saturated rings. The first-order valence-electron chi connectivity index (χ1n) is 20.5. The molecule has 0 bridgehead atoms. The average Bonchev–Trinajstić information content (AvgIpc) is 4.11. The Kier molecular flexibility index (Phi) is 11.0. The first kappa shape index (κ1) is 41.0. The molecule has 0 unspecified atom stereocenters. The molecule has 3 N–H and O–H groups in total. The zero-order valence-electron chi connectivity index (χ0n) is 34.1. The molecule has 1 saturated heterocycles. The highest BCUT2D eigenvalue weighted by Gasteiger charge is 2.62. The third kappa shape index (κ3) is 8.62. The van der Waals surface area contributed by atoms with Gasteiger partial charge in [0, 0.05) is 23.3 Å². The summed E-state index contributed by atoms with van der Waals surface area (Å²) >= 11 is 0. The van der Waals surface area contributed by atoms with E-state index in [0.717, 1.165) is 18.2 Å². The molecular weight excluding hydrogens is 793 g/mol. The predicted octanol–water partition coefficient (Wildman–Crippen LogP) is 5.30. The summed E-state index contributed by atoms with van der Waals surface area (Å²) in [5, 5.41) is 5.73. The monoisotopic (exact) mass is 842 g/mol. The lowest BCUT2D eigenvalue weighted by Gasteiger charge is -2.30. The normalized spacial score (nSPS) is 25.6. The number of aromatic nitrogens is 2. The molecule has 0 spiro atoms. The second-order valence-corrected chi connectivity index (χ2v) is 19.0. The van der Waals surface area contributed by atoms with Crippen LogP contribution in [0.1, 0.15) is 78.6 Å². The Morgan fingerprint density at radius 1 is 1.00 bits per heavy atom. The molecule has 2 aromatic heterocycles. The van der Waals surface area contributed by atoms with Gasteiger partial charge in [-0.25, -0.2) is 18.2 Å². The molecule has 2 saturated carbocycles. The summed E-state index contributed by atoms with van der Waals surface area (Å²) in [5.74, 6) is -1.37. The summed E-state index contributed by atoms with van der Waals surface area (Å²) < 4.78 is 51.9. The first-order valence-corrected chi connectivity index (χ1v) is 22.0. The molecule has 16 nitrogen and oxygen atoms in total. The van der Waals surface area contributed by atoms with Gasteiger partial charge in [0.05, 0.1) is 18.9 Å². The molecule has 17 heteroatoms. The summed E-state index contributed by atoms with van der Waals surface area (Å²) in [4.78, 5) is 67.3. The van der Waals surface area contributed by atoms with Crippen molar-refractivity contribution < 1.29 is 46.2 Å². The van der Waals surface area contributed by atoms with Gasteiger partial charge in [0.1, 0.15) is 46.2 Å². The number of ether oxygens (including phenoxy) is 3. The number of hydrogen-bond acceptors (Lipinski definition) is 12. The van der Waals surface area contributed by atoms with Gasteiger partial charge in [-0.15, -0.1) is 0 Å². The minimum atomic E-state index is -3.93. The maximum atomic E-state index is 14.7. The van der Waals surface area contributed by atoms with E-state index in [9.17, 15) is 27.6 Å². The molecule has 5 atom stereocenters. The summed E-state index contributed by atoms with van der Waals surface area (Å²) in [6, 6.07) is 12.4. The topological polar surface area (TPSA) is 208 Å². The number of nitrogens with one attached hydrogen (secondary N) is 3. The quantitative estimate of drug-likeness (QED) is 0.193. The Balaban J connectivity index is 1.15. The Bertz CT molecular complexity index is 2460. The maximum Gasteiger partial charge on any atom is 0.408 e. The van der Waals surface area contributed by atoms with Gasteiger partial charge in [0.2, 0.25) is 27.4 Å². The number of rotatable bonds is 8. The number of alkyl carbamates (subject to hydrolysis) is 1. The van der Waals surface area contributed by atoms with Gasteiger partial charge in [-0.1, -0.05) is 37.1 Å². The number of para-hydroxylation sites is 1. The molecule has 318 valence electrons. The van der Waals surface area contributed by atoms with Crippen molar-refractivity contribution in [3.8, 4) is 23.0 Å². The first-order chi connectivity index (χ1) is 28.6. The number of hydrogen-bond donors (Lipinski definition) is 3. The van der Waals surface area contributed by atoms with Crippen LogP contribution in [0.2, 0.25) is 0 Å². The van der Waals surface area contributed by atoms with E-state index in [1.165, 1.54) is 4.90 Å². The molecule has 4 aromatic rings. The number of allylic oxidation sites excluding steroid dienone is 1. The highest BCUT2D eigenvalue weighted by molar-refractivity contribution is 7.91. The van der Waals surface area contributed by atoms with Crippen LogP contribution >= 0.6 is 0 Å². The van der Waals surface area contributed by atoms with Crippen molar-refractivity contribution in [2.24, 2.45) is 5.92 Å². The fourth-order valence-electron chi connectivity index (χ4n) is 7.97. The number of nitrogens with zero attached hydrogens (tertiary/aromatic N) is 3. The molecule has 60 heavy (non-hydrogen) atoms. The van der Waals surface area contributed by atoms with Gasteiger partial charge < -0.3 is 34.2 Å². The Morgan fingerprint density at radius 3 is 2.50 bits per heavy atom. The molecule has 8 rings (SSSR count). The van der Waals surface area contributed by atoms with Crippen molar-refractivity contribution in [3.05, 3.63) is 60.7 Å². The molecular formula is C43H50N6O10S. The van der Waals surface area contributed by atoms with Gasteiger partial charge in [-0.3, -0.25) is 19.1 Å². The van der Waals surface area contributed by atoms with E-state index < -0.39 is 74.3 Å².